The van der Waals surface area contributed by atoms with E-state index >= 15 is 0 Å². The van der Waals surface area contributed by atoms with Gasteiger partial charge in [0.25, 0.3) is 0 Å². The number of carbonyl (C=O) groups excluding carboxylic acids is 1. The zero-order valence-corrected chi connectivity index (χ0v) is 11.0. The summed E-state index contributed by atoms with van der Waals surface area (Å²) in [7, 11) is 0. The van der Waals surface area contributed by atoms with Crippen LogP contribution in [0.4, 0.5) is 0 Å². The maximum Gasteiger partial charge on any atom is 0.308 e. The lowest BCUT2D eigenvalue weighted by molar-refractivity contribution is -0.145. The quantitative estimate of drug-likeness (QED) is 0.687. The third-order valence-corrected chi connectivity index (χ3v) is 3.24. The highest BCUT2D eigenvalue weighted by Gasteiger charge is 2.24. The monoisotopic (exact) mass is 243 g/mol. The fraction of sp³-hybridized carbons (Fsp3) is 0.923. The number of carbonyl (C=O) groups is 1. The lowest BCUT2D eigenvalue weighted by atomic mass is 10.0. The smallest absolute Gasteiger partial charge is 0.308 e. The first-order valence-electron chi connectivity index (χ1n) is 6.71. The van der Waals surface area contributed by atoms with Crippen molar-refractivity contribution in [2.45, 2.75) is 45.6 Å². The van der Waals surface area contributed by atoms with E-state index in [0.29, 0.717) is 13.2 Å². The summed E-state index contributed by atoms with van der Waals surface area (Å²) in [5, 5.41) is 9.78. The normalized spacial score (nSPS) is 22.6. The topological polar surface area (TPSA) is 49.8 Å². The van der Waals surface area contributed by atoms with Gasteiger partial charge in [-0.1, -0.05) is 13.3 Å². The molecule has 2 atom stereocenters. The fourth-order valence-electron chi connectivity index (χ4n) is 2.50. The number of rotatable bonds is 7. The molecule has 4 nitrogen and oxygen atoms in total. The van der Waals surface area contributed by atoms with E-state index in [9.17, 15) is 9.90 Å². The summed E-state index contributed by atoms with van der Waals surface area (Å²) in [6.07, 6.45) is 3.24. The molecule has 0 amide bonds. The van der Waals surface area contributed by atoms with Gasteiger partial charge in [0.1, 0.15) is 0 Å². The molecule has 0 bridgehead atoms. The van der Waals surface area contributed by atoms with Crippen LogP contribution in [0.25, 0.3) is 0 Å². The van der Waals surface area contributed by atoms with Crippen molar-refractivity contribution in [2.24, 2.45) is 5.92 Å². The van der Waals surface area contributed by atoms with Gasteiger partial charge in [0, 0.05) is 13.1 Å². The van der Waals surface area contributed by atoms with Crippen LogP contribution in [-0.4, -0.2) is 48.3 Å². The van der Waals surface area contributed by atoms with Gasteiger partial charge in [0.15, 0.2) is 0 Å². The van der Waals surface area contributed by atoms with Gasteiger partial charge in [0.05, 0.1) is 19.1 Å². The molecule has 0 radical (unpaired) electrons. The van der Waals surface area contributed by atoms with E-state index in [4.69, 9.17) is 4.74 Å². The molecule has 100 valence electrons. The van der Waals surface area contributed by atoms with Gasteiger partial charge < -0.3 is 14.7 Å². The third kappa shape index (κ3) is 5.50. The molecule has 17 heavy (non-hydrogen) atoms. The Bertz CT molecular complexity index is 233. The Hall–Kier alpha value is -0.610. The first kappa shape index (κ1) is 14.5. The van der Waals surface area contributed by atoms with E-state index in [1.165, 1.54) is 19.3 Å². The molecule has 0 aromatic rings. The number of likely N-dealkylation sites (tertiary alicyclic amines) is 1. The molecule has 0 aliphatic carbocycles. The number of β-amino-alcohol motifs (C(OH)–C–C–N with tert-alkyl or cyclic N) is 1. The van der Waals surface area contributed by atoms with E-state index < -0.39 is 6.10 Å². The van der Waals surface area contributed by atoms with Crippen LogP contribution in [0, 0.1) is 5.92 Å². The summed E-state index contributed by atoms with van der Waals surface area (Å²) in [5.41, 5.74) is 0. The molecular weight excluding hydrogens is 218 g/mol. The highest BCUT2D eigenvalue weighted by atomic mass is 16.5. The van der Waals surface area contributed by atoms with Crippen molar-refractivity contribution in [1.82, 2.24) is 4.90 Å². The second-order valence-corrected chi connectivity index (χ2v) is 4.87. The number of aliphatic hydroxyl groups excluding tert-OH is 1. The molecule has 1 rings (SSSR count). The van der Waals surface area contributed by atoms with Crippen LogP contribution in [0.1, 0.15) is 39.5 Å². The molecule has 1 saturated heterocycles. The van der Waals surface area contributed by atoms with Crippen molar-refractivity contribution in [3.63, 3.8) is 0 Å². The van der Waals surface area contributed by atoms with E-state index in [-0.39, 0.29) is 12.4 Å². The Kier molecular flexibility index (Phi) is 6.52. The number of nitrogens with zero attached hydrogens (tertiary/aromatic N) is 1. The van der Waals surface area contributed by atoms with Crippen molar-refractivity contribution in [3.05, 3.63) is 0 Å². The maximum atomic E-state index is 11.2. The number of aliphatic hydroxyl groups is 1. The highest BCUT2D eigenvalue weighted by Crippen LogP contribution is 2.21. The van der Waals surface area contributed by atoms with Crippen LogP contribution in [-0.2, 0) is 9.53 Å². The van der Waals surface area contributed by atoms with Crippen LogP contribution in [0.2, 0.25) is 0 Å². The van der Waals surface area contributed by atoms with Crippen LogP contribution in [0.5, 0.6) is 0 Å². The van der Waals surface area contributed by atoms with Crippen LogP contribution < -0.4 is 0 Å². The fourth-order valence-corrected chi connectivity index (χ4v) is 2.50. The lowest BCUT2D eigenvalue weighted by Crippen LogP contribution is -2.32. The third-order valence-electron chi connectivity index (χ3n) is 3.24. The summed E-state index contributed by atoms with van der Waals surface area (Å²) in [6, 6.07) is 0. The highest BCUT2D eigenvalue weighted by molar-refractivity contribution is 5.69. The zero-order chi connectivity index (χ0) is 12.7. The number of ether oxygens (including phenoxy) is 1. The average Bonchev–Trinajstić information content (AvgIpc) is 2.66. The number of hydrogen-bond acceptors (Lipinski definition) is 4. The number of hydrogen-bond donors (Lipinski definition) is 1. The maximum absolute atomic E-state index is 11.2. The minimum absolute atomic E-state index is 0.114. The van der Waals surface area contributed by atoms with Crippen molar-refractivity contribution < 1.29 is 14.6 Å². The number of esters is 1. The predicted octanol–water partition coefficient (Wildman–Crippen LogP) is 1.42. The Labute approximate surface area is 104 Å². The second kappa shape index (κ2) is 7.67. The van der Waals surface area contributed by atoms with Gasteiger partial charge in [-0.3, -0.25) is 4.79 Å². The van der Waals surface area contributed by atoms with Gasteiger partial charge in [-0.05, 0) is 32.2 Å². The summed E-state index contributed by atoms with van der Waals surface area (Å²) >= 11 is 0. The molecule has 0 aromatic heterocycles. The molecule has 4 heteroatoms. The van der Waals surface area contributed by atoms with Gasteiger partial charge in [-0.25, -0.2) is 0 Å². The molecule has 1 heterocycles. The largest absolute Gasteiger partial charge is 0.466 e. The molecule has 0 aromatic carbocycles. The Balaban J connectivity index is 2.19. The standard InChI is InChI=1S/C13H25NO3/c1-3-5-11-6-7-14(9-11)10-12(15)8-13(16)17-4-2/h11-12,15H,3-10H2,1-2H3. The van der Waals surface area contributed by atoms with Crippen LogP contribution in [0.3, 0.4) is 0 Å². The van der Waals surface area contributed by atoms with Crippen molar-refractivity contribution in [1.29, 1.82) is 0 Å². The molecule has 1 N–H and O–H groups in total. The Morgan fingerprint density at radius 3 is 2.94 bits per heavy atom. The summed E-state index contributed by atoms with van der Waals surface area (Å²) in [5.74, 6) is 0.471. The molecule has 2 unspecified atom stereocenters. The molecular formula is C13H25NO3. The molecule has 1 aliphatic rings. The van der Waals surface area contributed by atoms with Gasteiger partial charge in [-0.15, -0.1) is 0 Å². The van der Waals surface area contributed by atoms with Gasteiger partial charge in [0.2, 0.25) is 0 Å². The second-order valence-electron chi connectivity index (χ2n) is 4.87. The molecule has 1 fully saturated rings. The first-order chi connectivity index (χ1) is 8.15. The Morgan fingerprint density at radius 2 is 2.29 bits per heavy atom. The molecule has 1 aliphatic heterocycles. The SMILES string of the molecule is CCCC1CCN(CC(O)CC(=O)OCC)C1. The predicted molar refractivity (Wildman–Crippen MR) is 66.7 cm³/mol. The summed E-state index contributed by atoms with van der Waals surface area (Å²) in [4.78, 5) is 13.4. The van der Waals surface area contributed by atoms with E-state index in [2.05, 4.69) is 11.8 Å². The minimum atomic E-state index is -0.588. The van der Waals surface area contributed by atoms with Crippen molar-refractivity contribution in [2.75, 3.05) is 26.2 Å². The van der Waals surface area contributed by atoms with Crippen LogP contribution in [0.15, 0.2) is 0 Å². The van der Waals surface area contributed by atoms with Crippen molar-refractivity contribution in [3.8, 4) is 0 Å². The summed E-state index contributed by atoms with van der Waals surface area (Å²) < 4.78 is 4.82. The first-order valence-corrected chi connectivity index (χ1v) is 6.71. The van der Waals surface area contributed by atoms with E-state index in [1.54, 1.807) is 6.92 Å². The van der Waals surface area contributed by atoms with Crippen molar-refractivity contribution >= 4 is 5.97 Å². The summed E-state index contributed by atoms with van der Waals surface area (Å²) in [6.45, 7) is 7.07. The van der Waals surface area contributed by atoms with E-state index in [1.807, 2.05) is 0 Å². The minimum Gasteiger partial charge on any atom is -0.466 e. The lowest BCUT2D eigenvalue weighted by Gasteiger charge is -2.19. The van der Waals surface area contributed by atoms with Crippen LogP contribution >= 0.6 is 0 Å². The molecule has 0 spiro atoms. The van der Waals surface area contributed by atoms with E-state index in [0.717, 1.165) is 19.0 Å². The van der Waals surface area contributed by atoms with Gasteiger partial charge in [-0.2, -0.15) is 0 Å². The molecule has 0 saturated carbocycles. The van der Waals surface area contributed by atoms with Gasteiger partial charge >= 0.3 is 5.97 Å². The Morgan fingerprint density at radius 1 is 1.53 bits per heavy atom. The average molecular weight is 243 g/mol. The zero-order valence-electron chi connectivity index (χ0n) is 11.0.